The summed E-state index contributed by atoms with van der Waals surface area (Å²) < 4.78 is 27.7. The number of amides is 1. The third kappa shape index (κ3) is 4.76. The molecule has 0 unspecified atom stereocenters. The molecular weight excluding hydrogens is 424 g/mol. The fourth-order valence-electron chi connectivity index (χ4n) is 3.95. The quantitative estimate of drug-likeness (QED) is 0.622. The molecule has 1 aromatic heterocycles. The molecule has 3 aromatic rings. The molecule has 7 nitrogen and oxygen atoms in total. The Labute approximate surface area is 189 Å². The van der Waals surface area contributed by atoms with E-state index in [1.54, 1.807) is 18.3 Å². The topological polar surface area (TPSA) is 82.6 Å². The highest BCUT2D eigenvalue weighted by Crippen LogP contribution is 2.26. The molecule has 0 radical (unpaired) electrons. The zero-order valence-electron chi connectivity index (χ0n) is 18.4. The first-order chi connectivity index (χ1) is 15.3. The average molecular weight is 453 g/mol. The Morgan fingerprint density at radius 1 is 1.06 bits per heavy atom. The van der Waals surface area contributed by atoms with Gasteiger partial charge in [0.05, 0.1) is 4.90 Å². The van der Waals surface area contributed by atoms with Crippen molar-refractivity contribution in [1.82, 2.24) is 14.6 Å². The lowest BCUT2D eigenvalue weighted by atomic mass is 9.97. The van der Waals surface area contributed by atoms with Gasteiger partial charge in [-0.1, -0.05) is 36.4 Å². The van der Waals surface area contributed by atoms with Crippen LogP contribution in [0.1, 0.15) is 18.4 Å². The molecule has 0 atom stereocenters. The van der Waals surface area contributed by atoms with E-state index in [0.29, 0.717) is 37.4 Å². The number of nitrogens with zero attached hydrogens (tertiary/aromatic N) is 3. The highest BCUT2D eigenvalue weighted by molar-refractivity contribution is 7.89. The number of nitrogens with one attached hydrogen (secondary N) is 1. The zero-order chi connectivity index (χ0) is 22.7. The van der Waals surface area contributed by atoms with E-state index in [0.717, 1.165) is 22.2 Å². The normalized spacial score (nSPS) is 15.6. The fraction of sp³-hybridized carbons (Fsp3) is 0.333. The Hall–Kier alpha value is -2.97. The number of sulfonamides is 1. The SMILES string of the molecule is CN(C)c1ccc(CNC(=O)C2CCN(S(=O)(=O)c3ccc4ccccc4c3)CC2)cn1. The number of hydrogen-bond donors (Lipinski definition) is 1. The number of pyridine rings is 1. The number of rotatable bonds is 6. The molecular formula is C24H28N4O3S. The van der Waals surface area contributed by atoms with E-state index in [4.69, 9.17) is 0 Å². The molecule has 2 aromatic carbocycles. The molecule has 0 saturated carbocycles. The van der Waals surface area contributed by atoms with Crippen molar-refractivity contribution < 1.29 is 13.2 Å². The molecule has 0 spiro atoms. The van der Waals surface area contributed by atoms with Crippen LogP contribution >= 0.6 is 0 Å². The lowest BCUT2D eigenvalue weighted by Crippen LogP contribution is -2.42. The highest BCUT2D eigenvalue weighted by Gasteiger charge is 2.32. The summed E-state index contributed by atoms with van der Waals surface area (Å²) in [6.45, 7) is 1.09. The summed E-state index contributed by atoms with van der Waals surface area (Å²) in [5.74, 6) is 0.636. The van der Waals surface area contributed by atoms with Gasteiger partial charge in [-0.2, -0.15) is 4.31 Å². The van der Waals surface area contributed by atoms with Crippen molar-refractivity contribution in [2.75, 3.05) is 32.1 Å². The number of carbonyl (C=O) groups excluding carboxylic acids is 1. The van der Waals surface area contributed by atoms with Crippen LogP contribution in [0.15, 0.2) is 65.7 Å². The van der Waals surface area contributed by atoms with Crippen molar-refractivity contribution in [3.05, 3.63) is 66.4 Å². The number of aromatic nitrogens is 1. The Morgan fingerprint density at radius 3 is 2.44 bits per heavy atom. The molecule has 2 heterocycles. The van der Waals surface area contributed by atoms with Crippen molar-refractivity contribution in [2.24, 2.45) is 5.92 Å². The Morgan fingerprint density at radius 2 is 1.78 bits per heavy atom. The van der Waals surface area contributed by atoms with E-state index in [-0.39, 0.29) is 11.8 Å². The zero-order valence-corrected chi connectivity index (χ0v) is 19.2. The third-order valence-corrected chi connectivity index (χ3v) is 7.81. The minimum atomic E-state index is -3.58. The molecule has 32 heavy (non-hydrogen) atoms. The van der Waals surface area contributed by atoms with Crippen molar-refractivity contribution in [3.63, 3.8) is 0 Å². The van der Waals surface area contributed by atoms with Crippen molar-refractivity contribution in [3.8, 4) is 0 Å². The first-order valence-electron chi connectivity index (χ1n) is 10.7. The summed E-state index contributed by atoms with van der Waals surface area (Å²) >= 11 is 0. The number of benzene rings is 2. The molecule has 1 amide bonds. The second-order valence-electron chi connectivity index (χ2n) is 8.32. The molecule has 1 N–H and O–H groups in total. The van der Waals surface area contributed by atoms with Gasteiger partial charge < -0.3 is 10.2 Å². The summed E-state index contributed by atoms with van der Waals surface area (Å²) in [6.07, 6.45) is 2.78. The second-order valence-corrected chi connectivity index (χ2v) is 10.3. The predicted molar refractivity (Wildman–Crippen MR) is 126 cm³/mol. The third-order valence-electron chi connectivity index (χ3n) is 5.92. The number of anilines is 1. The summed E-state index contributed by atoms with van der Waals surface area (Å²) in [6, 6.07) is 16.8. The highest BCUT2D eigenvalue weighted by atomic mass is 32.2. The largest absolute Gasteiger partial charge is 0.363 e. The van der Waals surface area contributed by atoms with Crippen LogP contribution in [-0.4, -0.2) is 50.8 Å². The molecule has 8 heteroatoms. The lowest BCUT2D eigenvalue weighted by Gasteiger charge is -2.30. The number of hydrogen-bond acceptors (Lipinski definition) is 5. The summed E-state index contributed by atoms with van der Waals surface area (Å²) in [5, 5.41) is 4.87. The van der Waals surface area contributed by atoms with Crippen LogP contribution in [0.4, 0.5) is 5.82 Å². The average Bonchev–Trinajstić information content (AvgIpc) is 2.82. The molecule has 1 saturated heterocycles. The van der Waals surface area contributed by atoms with Gasteiger partial charge in [0.2, 0.25) is 15.9 Å². The number of fused-ring (bicyclic) bond motifs is 1. The smallest absolute Gasteiger partial charge is 0.243 e. The molecule has 168 valence electrons. The maximum atomic E-state index is 13.1. The van der Waals surface area contributed by atoms with E-state index in [1.807, 2.05) is 61.5 Å². The van der Waals surface area contributed by atoms with Crippen LogP contribution in [0.5, 0.6) is 0 Å². The van der Waals surface area contributed by atoms with Crippen molar-refractivity contribution in [2.45, 2.75) is 24.3 Å². The van der Waals surface area contributed by atoms with Gasteiger partial charge in [-0.05, 0) is 47.4 Å². The van der Waals surface area contributed by atoms with E-state index >= 15 is 0 Å². The van der Waals surface area contributed by atoms with Gasteiger partial charge in [-0.15, -0.1) is 0 Å². The van der Waals surface area contributed by atoms with Crippen LogP contribution in [0, 0.1) is 5.92 Å². The van der Waals surface area contributed by atoms with Crippen LogP contribution in [0.2, 0.25) is 0 Å². The van der Waals surface area contributed by atoms with Crippen LogP contribution < -0.4 is 10.2 Å². The van der Waals surface area contributed by atoms with Gasteiger partial charge in [0.25, 0.3) is 0 Å². The second kappa shape index (κ2) is 9.26. The minimum absolute atomic E-state index is 0.0376. The monoisotopic (exact) mass is 452 g/mol. The van der Waals surface area contributed by atoms with Crippen LogP contribution in [0.3, 0.4) is 0 Å². The van der Waals surface area contributed by atoms with Gasteiger partial charge >= 0.3 is 0 Å². The van der Waals surface area contributed by atoms with Gasteiger partial charge in [-0.25, -0.2) is 13.4 Å². The minimum Gasteiger partial charge on any atom is -0.363 e. The predicted octanol–water partition coefficient (Wildman–Crippen LogP) is 3.02. The van der Waals surface area contributed by atoms with E-state index in [9.17, 15) is 13.2 Å². The Balaban J connectivity index is 1.33. The Kier molecular flexibility index (Phi) is 6.43. The van der Waals surface area contributed by atoms with Gasteiger partial charge in [0, 0.05) is 45.8 Å². The van der Waals surface area contributed by atoms with E-state index in [1.165, 1.54) is 4.31 Å². The van der Waals surface area contributed by atoms with Crippen molar-refractivity contribution in [1.29, 1.82) is 0 Å². The number of piperidine rings is 1. The molecule has 1 fully saturated rings. The van der Waals surface area contributed by atoms with E-state index < -0.39 is 10.0 Å². The molecule has 0 aliphatic carbocycles. The fourth-order valence-corrected chi connectivity index (χ4v) is 5.46. The first-order valence-corrected chi connectivity index (χ1v) is 12.2. The number of carbonyl (C=O) groups is 1. The van der Waals surface area contributed by atoms with Gasteiger partial charge in [0.15, 0.2) is 0 Å². The van der Waals surface area contributed by atoms with Crippen LogP contribution in [0.25, 0.3) is 10.8 Å². The molecule has 0 bridgehead atoms. The summed E-state index contributed by atoms with van der Waals surface area (Å²) in [4.78, 5) is 19.2. The lowest BCUT2D eigenvalue weighted by molar-refractivity contribution is -0.126. The summed E-state index contributed by atoms with van der Waals surface area (Å²) in [7, 11) is 0.274. The van der Waals surface area contributed by atoms with Crippen molar-refractivity contribution >= 4 is 32.5 Å². The maximum Gasteiger partial charge on any atom is 0.243 e. The summed E-state index contributed by atoms with van der Waals surface area (Å²) in [5.41, 5.74) is 0.931. The van der Waals surface area contributed by atoms with E-state index in [2.05, 4.69) is 10.3 Å². The van der Waals surface area contributed by atoms with Crippen LogP contribution in [-0.2, 0) is 21.4 Å². The van der Waals surface area contributed by atoms with Gasteiger partial charge in [0.1, 0.15) is 5.82 Å². The maximum absolute atomic E-state index is 13.1. The van der Waals surface area contributed by atoms with Gasteiger partial charge in [-0.3, -0.25) is 4.79 Å². The molecule has 1 aliphatic heterocycles. The molecule has 4 rings (SSSR count). The first kappa shape index (κ1) is 22.2. The standard InChI is InChI=1S/C24H28N4O3S/c1-27(2)23-10-7-18(16-25-23)17-26-24(29)20-11-13-28(14-12-20)32(30,31)22-9-8-19-5-3-4-6-21(19)15-22/h3-10,15-16,20H,11-14,17H2,1-2H3,(H,26,29). The Bertz CT molecular complexity index is 1200. The molecule has 1 aliphatic rings.